The van der Waals surface area contributed by atoms with Gasteiger partial charge < -0.3 is 14.1 Å². The molecule has 0 spiro atoms. The summed E-state index contributed by atoms with van der Waals surface area (Å²) in [6.45, 7) is 1.70. The van der Waals surface area contributed by atoms with Crippen LogP contribution < -0.4 is 0 Å². The van der Waals surface area contributed by atoms with Crippen LogP contribution in [-0.4, -0.2) is 60.9 Å². The quantitative estimate of drug-likeness (QED) is 0.145. The fourth-order valence-corrected chi connectivity index (χ4v) is 4.92. The minimum atomic E-state index is -0.651. The van der Waals surface area contributed by atoms with Gasteiger partial charge in [-0.25, -0.2) is 4.79 Å². The van der Waals surface area contributed by atoms with E-state index in [0.29, 0.717) is 6.54 Å². The van der Waals surface area contributed by atoms with Gasteiger partial charge in [-0.2, -0.15) is 10.1 Å². The topological polar surface area (TPSA) is 101 Å². The fraction of sp³-hybridized carbons (Fsp3) is 0.231. The van der Waals surface area contributed by atoms with Crippen molar-refractivity contribution in [3.05, 3.63) is 92.7 Å². The van der Waals surface area contributed by atoms with Gasteiger partial charge >= 0.3 is 12.0 Å². The number of carbonyl (C=O) groups excluding carboxylic acids is 1. The van der Waals surface area contributed by atoms with E-state index in [2.05, 4.69) is 71.3 Å². The lowest BCUT2D eigenvalue weighted by molar-refractivity contribution is -0.402. The number of carbonyl (C=O) groups is 1. The van der Waals surface area contributed by atoms with Gasteiger partial charge in [-0.1, -0.05) is 47.6 Å². The van der Waals surface area contributed by atoms with Crippen molar-refractivity contribution in [1.29, 1.82) is 0 Å². The van der Waals surface area contributed by atoms with Crippen LogP contribution in [0.5, 0.6) is 0 Å². The summed E-state index contributed by atoms with van der Waals surface area (Å²) in [7, 11) is 4.21. The third kappa shape index (κ3) is 7.38. The van der Waals surface area contributed by atoms with Crippen LogP contribution in [0.4, 0.5) is 10.7 Å². The molecule has 2 aliphatic heterocycles. The molecule has 0 unspecified atom stereocenters. The number of nitrogens with zero attached hydrogens (tertiary/aromatic N) is 4. The molecule has 1 aromatic heterocycles. The molecule has 0 atom stereocenters. The first-order valence-corrected chi connectivity index (χ1v) is 12.7. The Morgan fingerprint density at radius 1 is 1.16 bits per heavy atom. The Kier molecular flexibility index (Phi) is 10.4. The van der Waals surface area contributed by atoms with Crippen LogP contribution in [0.25, 0.3) is 5.57 Å². The molecule has 0 bridgehead atoms. The van der Waals surface area contributed by atoms with Gasteiger partial charge in [-0.3, -0.25) is 10.1 Å². The van der Waals surface area contributed by atoms with E-state index in [1.165, 1.54) is 44.8 Å². The standard InChI is InChI=1S/C18H18ClNS.C8H7N3O5.ClH/c1-20(2)11-5-7-14-15-6-3-4-8-17(15)21-18-10-9-13(19)12-16(14)18;12-8-10(3-4-15-8)9-5-6-1-2-7(16-6)11(13)14;/h3-4,6-10,12H,5,11H2,1-2H3;1-2,5H,3-4H2;1H. The molecular weight excluding hydrogens is 551 g/mol. The van der Waals surface area contributed by atoms with Crippen LogP contribution in [0.15, 0.2) is 80.0 Å². The molecule has 38 heavy (non-hydrogen) atoms. The van der Waals surface area contributed by atoms with Crippen molar-refractivity contribution in [2.75, 3.05) is 33.8 Å². The number of ether oxygens (including phenoxy) is 1. The van der Waals surface area contributed by atoms with Gasteiger partial charge in [-0.15, -0.1) is 12.4 Å². The Morgan fingerprint density at radius 2 is 1.92 bits per heavy atom. The number of nitro groups is 1. The SMILES string of the molecule is CN(C)CCC=C1c2ccccc2Sc2ccc(Cl)cc21.Cl.O=C1OCCN1N=Cc1ccc([N+](=O)[O-])o1. The number of fused-ring (bicyclic) bond motifs is 2. The van der Waals surface area contributed by atoms with Crippen LogP contribution in [0, 0.1) is 10.1 Å². The lowest BCUT2D eigenvalue weighted by Crippen LogP contribution is -2.17. The number of hydrazone groups is 1. The highest BCUT2D eigenvalue weighted by Gasteiger charge is 2.22. The molecule has 12 heteroatoms. The lowest BCUT2D eigenvalue weighted by atomic mass is 9.96. The number of amides is 1. The zero-order chi connectivity index (χ0) is 26.4. The van der Waals surface area contributed by atoms with Crippen molar-refractivity contribution in [3.8, 4) is 0 Å². The van der Waals surface area contributed by atoms with Crippen molar-refractivity contribution in [2.24, 2.45) is 5.10 Å². The summed E-state index contributed by atoms with van der Waals surface area (Å²) >= 11 is 8.03. The van der Waals surface area contributed by atoms with Gasteiger partial charge in [0.05, 0.1) is 18.8 Å². The van der Waals surface area contributed by atoms with Gasteiger partial charge in [0, 0.05) is 21.4 Å². The Labute approximate surface area is 235 Å². The summed E-state index contributed by atoms with van der Waals surface area (Å²) in [4.78, 5) is 25.4. The molecule has 2 aromatic carbocycles. The molecule has 0 aliphatic carbocycles. The van der Waals surface area contributed by atoms with Gasteiger partial charge in [0.25, 0.3) is 0 Å². The lowest BCUT2D eigenvalue weighted by Gasteiger charge is -2.22. The maximum atomic E-state index is 11.0. The van der Waals surface area contributed by atoms with Crippen LogP contribution in [0.1, 0.15) is 23.3 Å². The Balaban J connectivity index is 0.000000213. The number of hydrogen-bond acceptors (Lipinski definition) is 8. The molecule has 3 heterocycles. The van der Waals surface area contributed by atoms with E-state index in [1.54, 1.807) is 0 Å². The third-order valence-electron chi connectivity index (χ3n) is 5.41. The average molecular weight is 577 g/mol. The zero-order valence-corrected chi connectivity index (χ0v) is 23.1. The predicted molar refractivity (Wildman–Crippen MR) is 151 cm³/mol. The summed E-state index contributed by atoms with van der Waals surface area (Å²) in [6.07, 6.45) is 4.05. The van der Waals surface area contributed by atoms with Crippen molar-refractivity contribution in [1.82, 2.24) is 9.91 Å². The number of hydrogen-bond donors (Lipinski definition) is 0. The Morgan fingerprint density at radius 3 is 2.61 bits per heavy atom. The second-order valence-electron chi connectivity index (χ2n) is 8.36. The third-order valence-corrected chi connectivity index (χ3v) is 6.80. The van der Waals surface area contributed by atoms with Crippen molar-refractivity contribution >= 4 is 59.5 Å². The second kappa shape index (κ2) is 13.5. The van der Waals surface area contributed by atoms with Gasteiger partial charge in [0.2, 0.25) is 0 Å². The minimum Gasteiger partial charge on any atom is -0.446 e. The van der Waals surface area contributed by atoms with Gasteiger partial charge in [0.1, 0.15) is 11.5 Å². The molecule has 1 saturated heterocycles. The summed E-state index contributed by atoms with van der Waals surface area (Å²) < 4.78 is 9.44. The van der Waals surface area contributed by atoms with Crippen LogP contribution in [0.2, 0.25) is 5.02 Å². The van der Waals surface area contributed by atoms with E-state index in [0.717, 1.165) is 23.0 Å². The molecule has 9 nitrogen and oxygen atoms in total. The number of cyclic esters (lactones) is 1. The Hall–Kier alpha value is -3.31. The highest BCUT2D eigenvalue weighted by Crippen LogP contribution is 2.46. The number of halogens is 2. The molecule has 200 valence electrons. The van der Waals surface area contributed by atoms with Crippen molar-refractivity contribution < 1.29 is 18.9 Å². The van der Waals surface area contributed by atoms with E-state index in [-0.39, 0.29) is 30.7 Å². The number of benzene rings is 2. The van der Waals surface area contributed by atoms with Crippen LogP contribution in [-0.2, 0) is 4.74 Å². The smallest absolute Gasteiger partial charge is 0.433 e. The molecule has 1 fully saturated rings. The number of rotatable bonds is 6. The molecule has 2 aliphatic rings. The normalized spacial score (nSPS) is 15.0. The second-order valence-corrected chi connectivity index (χ2v) is 9.88. The molecular formula is C26H26Cl2N4O5S. The highest BCUT2D eigenvalue weighted by atomic mass is 35.5. The first-order chi connectivity index (χ1) is 17.8. The van der Waals surface area contributed by atoms with E-state index in [9.17, 15) is 14.9 Å². The van der Waals surface area contributed by atoms with Crippen molar-refractivity contribution in [3.63, 3.8) is 0 Å². The van der Waals surface area contributed by atoms with Gasteiger partial charge in [0.15, 0.2) is 5.76 Å². The maximum Gasteiger partial charge on any atom is 0.433 e. The number of furan rings is 1. The average Bonchev–Trinajstić information content (AvgIpc) is 3.52. The first-order valence-electron chi connectivity index (χ1n) is 11.5. The molecule has 0 N–H and O–H groups in total. The fourth-order valence-electron chi connectivity index (χ4n) is 3.66. The predicted octanol–water partition coefficient (Wildman–Crippen LogP) is 6.58. The molecule has 1 amide bonds. The zero-order valence-electron chi connectivity index (χ0n) is 20.7. The summed E-state index contributed by atoms with van der Waals surface area (Å²) in [5, 5.41) is 16.0. The van der Waals surface area contributed by atoms with Crippen LogP contribution in [0.3, 0.4) is 0 Å². The minimum absolute atomic E-state index is 0. The monoisotopic (exact) mass is 576 g/mol. The highest BCUT2D eigenvalue weighted by molar-refractivity contribution is 7.99. The van der Waals surface area contributed by atoms with Crippen LogP contribution >= 0.6 is 35.8 Å². The molecule has 3 aromatic rings. The first kappa shape index (κ1) is 29.2. The van der Waals surface area contributed by atoms with E-state index in [4.69, 9.17) is 16.0 Å². The van der Waals surface area contributed by atoms with E-state index in [1.807, 2.05) is 17.8 Å². The summed E-state index contributed by atoms with van der Waals surface area (Å²) in [5.74, 6) is -0.170. The molecule has 0 saturated carbocycles. The summed E-state index contributed by atoms with van der Waals surface area (Å²) in [6, 6.07) is 17.4. The molecule has 0 radical (unpaired) electrons. The van der Waals surface area contributed by atoms with E-state index < -0.39 is 11.0 Å². The summed E-state index contributed by atoms with van der Waals surface area (Å²) in [5.41, 5.74) is 3.88. The van der Waals surface area contributed by atoms with E-state index >= 15 is 0 Å². The van der Waals surface area contributed by atoms with Crippen molar-refractivity contribution in [2.45, 2.75) is 16.2 Å². The largest absolute Gasteiger partial charge is 0.446 e. The maximum absolute atomic E-state index is 11.0. The Bertz CT molecular complexity index is 1360. The van der Waals surface area contributed by atoms with Gasteiger partial charge in [-0.05, 0) is 67.5 Å². The molecule has 5 rings (SSSR count).